The zero-order chi connectivity index (χ0) is 21.1. The number of nitrogens with one attached hydrogen (secondary N) is 1. The molecular formula is C20H21F3N2O3S. The molecule has 0 saturated carbocycles. The maximum absolute atomic E-state index is 13.0. The van der Waals surface area contributed by atoms with E-state index in [-0.39, 0.29) is 18.0 Å². The Labute approximate surface area is 167 Å². The number of nitrogens with zero attached hydrogens (tertiary/aromatic N) is 1. The second-order valence-corrected chi connectivity index (χ2v) is 8.74. The number of amides is 1. The third-order valence-electron chi connectivity index (χ3n) is 4.85. The number of hydrogen-bond acceptors (Lipinski definition) is 3. The molecular weight excluding hydrogens is 405 g/mol. The van der Waals surface area contributed by atoms with E-state index in [1.165, 1.54) is 0 Å². The van der Waals surface area contributed by atoms with Crippen LogP contribution in [0.25, 0.3) is 0 Å². The number of alkyl halides is 3. The van der Waals surface area contributed by atoms with Crippen LogP contribution in [0.2, 0.25) is 0 Å². The molecule has 2 aromatic rings. The van der Waals surface area contributed by atoms with Crippen molar-refractivity contribution in [1.29, 1.82) is 0 Å². The van der Waals surface area contributed by atoms with Crippen LogP contribution in [0, 0.1) is 0 Å². The fourth-order valence-corrected chi connectivity index (χ4v) is 4.97. The standard InChI is InChI=1S/C20H21F3N2O3S/c21-20(22,23)16-9-11-17(12-10-16)29(27,28)25-13-5-4-8-18(25)19(26)24-14-15-6-2-1-3-7-15/h1-3,6-7,9-12,18H,4-5,8,13-14H2,(H,24,26). The third kappa shape index (κ3) is 4.97. The van der Waals surface area contributed by atoms with E-state index in [1.54, 1.807) is 0 Å². The zero-order valence-electron chi connectivity index (χ0n) is 15.5. The lowest BCUT2D eigenvalue weighted by atomic mass is 10.0. The average Bonchev–Trinajstić information content (AvgIpc) is 2.72. The first-order valence-corrected chi connectivity index (χ1v) is 10.6. The average molecular weight is 426 g/mol. The highest BCUT2D eigenvalue weighted by Crippen LogP contribution is 2.31. The number of carbonyl (C=O) groups excluding carboxylic acids is 1. The second-order valence-electron chi connectivity index (χ2n) is 6.85. The summed E-state index contributed by atoms with van der Waals surface area (Å²) in [5, 5.41) is 2.76. The highest BCUT2D eigenvalue weighted by molar-refractivity contribution is 7.89. The van der Waals surface area contributed by atoms with Gasteiger partial charge in [0.25, 0.3) is 0 Å². The van der Waals surface area contributed by atoms with E-state index in [1.807, 2.05) is 30.3 Å². The minimum absolute atomic E-state index is 0.146. The van der Waals surface area contributed by atoms with Crippen molar-refractivity contribution in [2.45, 2.75) is 42.9 Å². The van der Waals surface area contributed by atoms with Gasteiger partial charge in [0.1, 0.15) is 6.04 Å². The molecule has 9 heteroatoms. The van der Waals surface area contributed by atoms with Crippen LogP contribution < -0.4 is 5.32 Å². The molecule has 29 heavy (non-hydrogen) atoms. The van der Waals surface area contributed by atoms with Crippen LogP contribution in [0.1, 0.15) is 30.4 Å². The molecule has 1 fully saturated rings. The van der Waals surface area contributed by atoms with E-state index in [0.717, 1.165) is 34.1 Å². The number of piperidine rings is 1. The summed E-state index contributed by atoms with van der Waals surface area (Å²) in [7, 11) is -4.10. The lowest BCUT2D eigenvalue weighted by Gasteiger charge is -2.33. The molecule has 0 aromatic heterocycles. The van der Waals surface area contributed by atoms with Gasteiger partial charge in [-0.3, -0.25) is 4.79 Å². The van der Waals surface area contributed by atoms with Crippen molar-refractivity contribution >= 4 is 15.9 Å². The Kier molecular flexibility index (Phi) is 6.28. The summed E-state index contributed by atoms with van der Waals surface area (Å²) in [6.07, 6.45) is -2.90. The normalized spacial score (nSPS) is 18.4. The molecule has 1 unspecified atom stereocenters. The molecule has 156 valence electrons. The Morgan fingerprint density at radius 3 is 2.31 bits per heavy atom. The van der Waals surface area contributed by atoms with E-state index < -0.39 is 33.7 Å². The Morgan fingerprint density at radius 1 is 1.03 bits per heavy atom. The molecule has 1 aliphatic heterocycles. The number of benzene rings is 2. The molecule has 1 atom stereocenters. The molecule has 1 saturated heterocycles. The van der Waals surface area contributed by atoms with Crippen LogP contribution in [0.5, 0.6) is 0 Å². The molecule has 1 aliphatic rings. The Hall–Kier alpha value is -2.39. The quantitative estimate of drug-likeness (QED) is 0.795. The predicted octanol–water partition coefficient (Wildman–Crippen LogP) is 3.57. The largest absolute Gasteiger partial charge is 0.416 e. The summed E-state index contributed by atoms with van der Waals surface area (Å²) < 4.78 is 65.4. The van der Waals surface area contributed by atoms with E-state index in [0.29, 0.717) is 19.3 Å². The smallest absolute Gasteiger partial charge is 0.351 e. The number of rotatable bonds is 5. The van der Waals surface area contributed by atoms with Gasteiger partial charge in [-0.25, -0.2) is 8.42 Å². The van der Waals surface area contributed by atoms with Crippen LogP contribution in [0.15, 0.2) is 59.5 Å². The van der Waals surface area contributed by atoms with Crippen molar-refractivity contribution in [2.75, 3.05) is 6.54 Å². The van der Waals surface area contributed by atoms with Gasteiger partial charge in [-0.2, -0.15) is 17.5 Å². The first-order valence-electron chi connectivity index (χ1n) is 9.20. The van der Waals surface area contributed by atoms with Gasteiger partial charge < -0.3 is 5.32 Å². The van der Waals surface area contributed by atoms with Crippen molar-refractivity contribution in [2.24, 2.45) is 0 Å². The maximum atomic E-state index is 13.0. The molecule has 1 N–H and O–H groups in total. The van der Waals surface area contributed by atoms with E-state index in [9.17, 15) is 26.4 Å². The van der Waals surface area contributed by atoms with Crippen molar-refractivity contribution in [3.63, 3.8) is 0 Å². The SMILES string of the molecule is O=C(NCc1ccccc1)C1CCCCN1S(=O)(=O)c1ccc(C(F)(F)F)cc1. The van der Waals surface area contributed by atoms with Crippen LogP contribution in [-0.4, -0.2) is 31.2 Å². The van der Waals surface area contributed by atoms with Gasteiger partial charge in [-0.1, -0.05) is 36.8 Å². The Morgan fingerprint density at radius 2 is 1.69 bits per heavy atom. The van der Waals surface area contributed by atoms with Gasteiger partial charge in [0.05, 0.1) is 10.5 Å². The minimum atomic E-state index is -4.55. The van der Waals surface area contributed by atoms with Gasteiger partial charge >= 0.3 is 6.18 Å². The van der Waals surface area contributed by atoms with Crippen LogP contribution >= 0.6 is 0 Å². The summed E-state index contributed by atoms with van der Waals surface area (Å²) in [6, 6.07) is 11.7. The minimum Gasteiger partial charge on any atom is -0.351 e. The third-order valence-corrected chi connectivity index (χ3v) is 6.78. The molecule has 2 aromatic carbocycles. The van der Waals surface area contributed by atoms with Gasteiger partial charge in [0.15, 0.2) is 0 Å². The number of carbonyl (C=O) groups is 1. The first kappa shape index (κ1) is 21.3. The topological polar surface area (TPSA) is 66.5 Å². The van der Waals surface area contributed by atoms with Crippen molar-refractivity contribution in [3.05, 3.63) is 65.7 Å². The number of sulfonamides is 1. The summed E-state index contributed by atoms with van der Waals surface area (Å²) in [5.74, 6) is -0.413. The summed E-state index contributed by atoms with van der Waals surface area (Å²) in [5.41, 5.74) is -0.0407. The van der Waals surface area contributed by atoms with E-state index >= 15 is 0 Å². The number of halogens is 3. The molecule has 0 aliphatic carbocycles. The van der Waals surface area contributed by atoms with Gasteiger partial charge in [-0.15, -0.1) is 0 Å². The second kappa shape index (κ2) is 8.54. The molecule has 3 rings (SSSR count). The fraction of sp³-hybridized carbons (Fsp3) is 0.350. The number of hydrogen-bond donors (Lipinski definition) is 1. The van der Waals surface area contributed by atoms with Crippen LogP contribution in [0.3, 0.4) is 0 Å². The van der Waals surface area contributed by atoms with E-state index in [2.05, 4.69) is 5.32 Å². The first-order chi connectivity index (χ1) is 13.7. The summed E-state index contributed by atoms with van der Waals surface area (Å²) in [6.45, 7) is 0.414. The lowest BCUT2D eigenvalue weighted by Crippen LogP contribution is -2.51. The van der Waals surface area contributed by atoms with Crippen LogP contribution in [-0.2, 0) is 27.5 Å². The van der Waals surface area contributed by atoms with Crippen molar-refractivity contribution in [1.82, 2.24) is 9.62 Å². The lowest BCUT2D eigenvalue weighted by molar-refractivity contribution is -0.137. The van der Waals surface area contributed by atoms with Crippen molar-refractivity contribution < 1.29 is 26.4 Å². The molecule has 0 spiro atoms. The van der Waals surface area contributed by atoms with Gasteiger partial charge in [0.2, 0.25) is 15.9 Å². The molecule has 1 amide bonds. The molecule has 5 nitrogen and oxygen atoms in total. The Balaban J connectivity index is 1.78. The highest BCUT2D eigenvalue weighted by Gasteiger charge is 2.38. The van der Waals surface area contributed by atoms with Gasteiger partial charge in [0, 0.05) is 13.1 Å². The fourth-order valence-electron chi connectivity index (χ4n) is 3.31. The molecule has 0 bridgehead atoms. The predicted molar refractivity (Wildman–Crippen MR) is 101 cm³/mol. The molecule has 0 radical (unpaired) electrons. The van der Waals surface area contributed by atoms with Crippen molar-refractivity contribution in [3.8, 4) is 0 Å². The Bertz CT molecular complexity index is 945. The molecule has 1 heterocycles. The van der Waals surface area contributed by atoms with Crippen LogP contribution in [0.4, 0.5) is 13.2 Å². The van der Waals surface area contributed by atoms with E-state index in [4.69, 9.17) is 0 Å². The maximum Gasteiger partial charge on any atom is 0.416 e. The summed E-state index contributed by atoms with van der Waals surface area (Å²) >= 11 is 0. The zero-order valence-corrected chi connectivity index (χ0v) is 16.3. The highest BCUT2D eigenvalue weighted by atomic mass is 32.2. The monoisotopic (exact) mass is 426 g/mol. The van der Waals surface area contributed by atoms with Gasteiger partial charge in [-0.05, 0) is 42.7 Å². The summed E-state index contributed by atoms with van der Waals surface area (Å²) in [4.78, 5) is 12.4.